The molecule has 1 aromatic rings. The molecule has 0 atom stereocenters. The van der Waals surface area contributed by atoms with E-state index in [9.17, 15) is 0 Å². The lowest BCUT2D eigenvalue weighted by molar-refractivity contribution is 0.144. The molecule has 0 aliphatic carbocycles. The number of hydrogen-bond donors (Lipinski definition) is 2. The molecule has 3 N–H and O–H groups in total. The van der Waals surface area contributed by atoms with Crippen LogP contribution in [0.25, 0.3) is 0 Å². The van der Waals surface area contributed by atoms with Crippen LogP contribution in [0.15, 0.2) is 0 Å². The quantitative estimate of drug-likeness (QED) is 0.813. The maximum atomic E-state index is 6.13. The highest BCUT2D eigenvalue weighted by Crippen LogP contribution is 2.31. The fourth-order valence-corrected chi connectivity index (χ4v) is 1.57. The van der Waals surface area contributed by atoms with Gasteiger partial charge in [0.1, 0.15) is 18.1 Å². The molecular formula is C15H28N4O2. The van der Waals surface area contributed by atoms with E-state index in [0.717, 1.165) is 0 Å². The Balaban J connectivity index is 3.19. The molecule has 1 aromatic heterocycles. The van der Waals surface area contributed by atoms with Crippen LogP contribution < -0.4 is 15.8 Å². The van der Waals surface area contributed by atoms with Gasteiger partial charge in [0.05, 0.1) is 6.61 Å². The largest absolute Gasteiger partial charge is 0.474 e. The van der Waals surface area contributed by atoms with Crippen LogP contribution in [-0.2, 0) is 10.2 Å². The Hall–Kier alpha value is -1.56. The van der Waals surface area contributed by atoms with E-state index in [-0.39, 0.29) is 11.0 Å². The van der Waals surface area contributed by atoms with Gasteiger partial charge < -0.3 is 20.5 Å². The van der Waals surface area contributed by atoms with E-state index >= 15 is 0 Å². The number of anilines is 2. The fourth-order valence-electron chi connectivity index (χ4n) is 1.57. The number of nitrogens with zero attached hydrogens (tertiary/aromatic N) is 2. The van der Waals surface area contributed by atoms with Gasteiger partial charge in [-0.15, -0.1) is 0 Å². The van der Waals surface area contributed by atoms with Gasteiger partial charge in [0, 0.05) is 18.1 Å². The highest BCUT2D eigenvalue weighted by molar-refractivity contribution is 5.67. The first kappa shape index (κ1) is 17.5. The Kier molecular flexibility index (Phi) is 5.39. The van der Waals surface area contributed by atoms with Crippen molar-refractivity contribution in [1.82, 2.24) is 9.97 Å². The van der Waals surface area contributed by atoms with E-state index in [1.165, 1.54) is 0 Å². The van der Waals surface area contributed by atoms with Crippen LogP contribution in [0.1, 0.15) is 47.4 Å². The van der Waals surface area contributed by atoms with Crippen LogP contribution in [0.2, 0.25) is 0 Å². The Morgan fingerprint density at radius 2 is 1.67 bits per heavy atom. The molecule has 0 aliphatic rings. The van der Waals surface area contributed by atoms with Crippen molar-refractivity contribution in [2.24, 2.45) is 0 Å². The van der Waals surface area contributed by atoms with Crippen LogP contribution in [0.4, 0.5) is 11.5 Å². The summed E-state index contributed by atoms with van der Waals surface area (Å²) in [5.41, 5.74) is 6.21. The smallest absolute Gasteiger partial charge is 0.242 e. The average molecular weight is 296 g/mol. The lowest BCUT2D eigenvalue weighted by Gasteiger charge is -2.25. The summed E-state index contributed by atoms with van der Waals surface area (Å²) in [4.78, 5) is 9.01. The van der Waals surface area contributed by atoms with Crippen molar-refractivity contribution in [2.45, 2.75) is 52.5 Å². The molecule has 0 amide bonds. The van der Waals surface area contributed by atoms with E-state index in [2.05, 4.69) is 56.8 Å². The normalized spacial score (nSPS) is 12.3. The van der Waals surface area contributed by atoms with Crippen LogP contribution >= 0.6 is 0 Å². The Labute approximate surface area is 127 Å². The summed E-state index contributed by atoms with van der Waals surface area (Å²) in [5, 5.41) is 3.31. The number of nitrogens with one attached hydrogen (secondary N) is 1. The number of hydrogen-bond acceptors (Lipinski definition) is 6. The Morgan fingerprint density at radius 3 is 2.14 bits per heavy atom. The van der Waals surface area contributed by atoms with Crippen molar-refractivity contribution in [3.05, 3.63) is 5.82 Å². The number of nitrogens with two attached hydrogens (primary N) is 1. The molecule has 0 unspecified atom stereocenters. The predicted molar refractivity (Wildman–Crippen MR) is 85.9 cm³/mol. The van der Waals surface area contributed by atoms with Crippen molar-refractivity contribution in [2.75, 3.05) is 31.4 Å². The number of nitrogen functional groups attached to an aromatic ring is 1. The molecule has 0 aliphatic heterocycles. The summed E-state index contributed by atoms with van der Waals surface area (Å²) in [6.45, 7) is 13.2. The third-order valence-corrected chi connectivity index (χ3v) is 2.60. The van der Waals surface area contributed by atoms with Gasteiger partial charge in [0.15, 0.2) is 5.82 Å². The first-order valence-corrected chi connectivity index (χ1v) is 7.12. The second-order valence-electron chi connectivity index (χ2n) is 7.08. The van der Waals surface area contributed by atoms with Gasteiger partial charge in [-0.3, -0.25) is 0 Å². The SMILES string of the molecule is COCCOc1nc(C(C)(C)C)nc(NC(C)(C)C)c1N. The minimum atomic E-state index is -0.193. The van der Waals surface area contributed by atoms with E-state index < -0.39 is 0 Å². The molecule has 0 spiro atoms. The molecule has 0 saturated carbocycles. The maximum absolute atomic E-state index is 6.13. The van der Waals surface area contributed by atoms with Gasteiger partial charge in [0.2, 0.25) is 5.88 Å². The minimum Gasteiger partial charge on any atom is -0.474 e. The molecule has 0 fully saturated rings. The van der Waals surface area contributed by atoms with Crippen LogP contribution in [0, 0.1) is 0 Å². The molecule has 1 heterocycles. The summed E-state index contributed by atoms with van der Waals surface area (Å²) in [6, 6.07) is 0. The Bertz CT molecular complexity index is 476. The zero-order valence-electron chi connectivity index (χ0n) is 14.2. The molecule has 0 bridgehead atoms. The lowest BCUT2D eigenvalue weighted by Crippen LogP contribution is -2.29. The summed E-state index contributed by atoms with van der Waals surface area (Å²) >= 11 is 0. The van der Waals surface area contributed by atoms with Crippen molar-refractivity contribution < 1.29 is 9.47 Å². The maximum Gasteiger partial charge on any atom is 0.242 e. The van der Waals surface area contributed by atoms with Crippen molar-refractivity contribution in [1.29, 1.82) is 0 Å². The van der Waals surface area contributed by atoms with Crippen LogP contribution in [0.3, 0.4) is 0 Å². The van der Waals surface area contributed by atoms with Gasteiger partial charge >= 0.3 is 0 Å². The summed E-state index contributed by atoms with van der Waals surface area (Å²) < 4.78 is 10.6. The first-order chi connectivity index (χ1) is 9.54. The summed E-state index contributed by atoms with van der Waals surface area (Å²) in [7, 11) is 1.62. The second kappa shape index (κ2) is 6.47. The summed E-state index contributed by atoms with van der Waals surface area (Å²) in [5.74, 6) is 1.70. The van der Waals surface area contributed by atoms with Gasteiger partial charge in [-0.05, 0) is 20.8 Å². The molecule has 21 heavy (non-hydrogen) atoms. The molecular weight excluding hydrogens is 268 g/mol. The average Bonchev–Trinajstić information content (AvgIpc) is 2.30. The van der Waals surface area contributed by atoms with Gasteiger partial charge in [-0.2, -0.15) is 4.98 Å². The van der Waals surface area contributed by atoms with Gasteiger partial charge in [-0.1, -0.05) is 20.8 Å². The van der Waals surface area contributed by atoms with Crippen molar-refractivity contribution in [3.8, 4) is 5.88 Å². The second-order valence-corrected chi connectivity index (χ2v) is 7.08. The molecule has 6 nitrogen and oxygen atoms in total. The number of methoxy groups -OCH3 is 1. The fraction of sp³-hybridized carbons (Fsp3) is 0.733. The number of rotatable bonds is 5. The number of aromatic nitrogens is 2. The molecule has 0 saturated heterocycles. The molecule has 0 radical (unpaired) electrons. The first-order valence-electron chi connectivity index (χ1n) is 7.12. The molecule has 1 rings (SSSR count). The van der Waals surface area contributed by atoms with Crippen molar-refractivity contribution >= 4 is 11.5 Å². The standard InChI is InChI=1S/C15H28N4O2/c1-14(2,3)13-17-11(19-15(4,5)6)10(16)12(18-13)21-9-8-20-7/h8-9,16H2,1-7H3,(H,17,18,19). The zero-order chi connectivity index (χ0) is 16.3. The van der Waals surface area contributed by atoms with Crippen LogP contribution in [-0.4, -0.2) is 35.8 Å². The summed E-state index contributed by atoms with van der Waals surface area (Å²) in [6.07, 6.45) is 0. The molecule has 6 heteroatoms. The Morgan fingerprint density at radius 1 is 1.05 bits per heavy atom. The topological polar surface area (TPSA) is 82.3 Å². The van der Waals surface area contributed by atoms with Gasteiger partial charge in [-0.25, -0.2) is 4.98 Å². The van der Waals surface area contributed by atoms with E-state index in [0.29, 0.717) is 36.4 Å². The van der Waals surface area contributed by atoms with E-state index in [4.69, 9.17) is 15.2 Å². The zero-order valence-corrected chi connectivity index (χ0v) is 14.2. The molecule has 120 valence electrons. The van der Waals surface area contributed by atoms with Crippen molar-refractivity contribution in [3.63, 3.8) is 0 Å². The van der Waals surface area contributed by atoms with Gasteiger partial charge in [0.25, 0.3) is 0 Å². The number of ether oxygens (including phenoxy) is 2. The molecule has 0 aromatic carbocycles. The van der Waals surface area contributed by atoms with Crippen LogP contribution in [0.5, 0.6) is 5.88 Å². The third kappa shape index (κ3) is 5.38. The highest BCUT2D eigenvalue weighted by Gasteiger charge is 2.24. The highest BCUT2D eigenvalue weighted by atomic mass is 16.5. The minimum absolute atomic E-state index is 0.151. The monoisotopic (exact) mass is 296 g/mol. The van der Waals surface area contributed by atoms with E-state index in [1.54, 1.807) is 7.11 Å². The predicted octanol–water partition coefficient (Wildman–Crippen LogP) is 2.59. The van der Waals surface area contributed by atoms with E-state index in [1.807, 2.05) is 0 Å². The lowest BCUT2D eigenvalue weighted by atomic mass is 9.95. The third-order valence-electron chi connectivity index (χ3n) is 2.60.